The fourth-order valence-corrected chi connectivity index (χ4v) is 5.88. The molecule has 13 heteroatoms. The van der Waals surface area contributed by atoms with Crippen molar-refractivity contribution in [3.8, 4) is 11.6 Å². The molecular formula is C20H25N5O7S. The van der Waals surface area contributed by atoms with Gasteiger partial charge in [0.25, 0.3) is 15.9 Å². The lowest BCUT2D eigenvalue weighted by molar-refractivity contribution is -0.119. The second kappa shape index (κ2) is 8.81. The second-order valence-electron chi connectivity index (χ2n) is 7.79. The van der Waals surface area contributed by atoms with Gasteiger partial charge in [0, 0.05) is 19.2 Å². The summed E-state index contributed by atoms with van der Waals surface area (Å²) in [7, 11) is -2.81. The molecule has 1 aromatic carbocycles. The first-order valence-electron chi connectivity index (χ1n) is 10.4. The molecule has 1 unspecified atom stereocenters. The minimum atomic E-state index is -4.18. The Labute approximate surface area is 190 Å². The minimum absolute atomic E-state index is 0.00701. The van der Waals surface area contributed by atoms with Crippen molar-refractivity contribution >= 4 is 33.4 Å². The summed E-state index contributed by atoms with van der Waals surface area (Å²) in [5.74, 6) is -0.0125. The topological polar surface area (TPSA) is 152 Å². The maximum atomic E-state index is 14.0. The van der Waals surface area contributed by atoms with Gasteiger partial charge in [-0.3, -0.25) is 19.1 Å². The average molecular weight is 480 g/mol. The minimum Gasteiger partial charge on any atom is -0.484 e. The zero-order valence-corrected chi connectivity index (χ0v) is 19.0. The van der Waals surface area contributed by atoms with Crippen LogP contribution in [0.15, 0.2) is 23.1 Å². The van der Waals surface area contributed by atoms with Crippen LogP contribution in [-0.4, -0.2) is 61.6 Å². The summed E-state index contributed by atoms with van der Waals surface area (Å²) < 4.78 is 42.0. The van der Waals surface area contributed by atoms with E-state index in [0.29, 0.717) is 18.7 Å². The van der Waals surface area contributed by atoms with Gasteiger partial charge in [-0.1, -0.05) is 0 Å². The van der Waals surface area contributed by atoms with E-state index in [0.717, 1.165) is 12.8 Å². The number of fused-ring (bicyclic) bond motifs is 2. The van der Waals surface area contributed by atoms with Crippen molar-refractivity contribution in [2.75, 3.05) is 29.8 Å². The third-order valence-corrected chi connectivity index (χ3v) is 7.33. The van der Waals surface area contributed by atoms with Gasteiger partial charge in [0.05, 0.1) is 31.6 Å². The van der Waals surface area contributed by atoms with E-state index in [2.05, 4.69) is 15.7 Å². The Bertz CT molecular complexity index is 1190. The number of aryl methyl sites for hydroxylation is 1. The molecule has 0 aliphatic carbocycles. The van der Waals surface area contributed by atoms with Crippen molar-refractivity contribution < 1.29 is 32.6 Å². The standard InChI is InChI=1S/C20H25N5O7S/c1-12(26)21-10-14-11-25(16-9-13(22-20(27)28)6-7-17(16)32-14)33(29,30)18-15-5-3-4-8-24(15)23-19(18)31-2/h6-7,9,14,22H,3-5,8,10-11H2,1-2H3,(H,21,26)(H,27,28). The number of anilines is 2. The molecule has 178 valence electrons. The van der Waals surface area contributed by atoms with Crippen LogP contribution in [-0.2, 0) is 27.8 Å². The number of carbonyl (C=O) groups excluding carboxylic acids is 1. The first-order valence-corrected chi connectivity index (χ1v) is 11.9. The maximum Gasteiger partial charge on any atom is 0.409 e. The lowest BCUT2D eigenvalue weighted by Crippen LogP contribution is -2.48. The molecule has 0 radical (unpaired) electrons. The summed E-state index contributed by atoms with van der Waals surface area (Å²) in [6.07, 6.45) is 0.317. The normalized spacial score (nSPS) is 17.4. The predicted octanol–water partition coefficient (Wildman–Crippen LogP) is 1.41. The molecule has 0 saturated heterocycles. The molecule has 0 spiro atoms. The monoisotopic (exact) mass is 479 g/mol. The van der Waals surface area contributed by atoms with E-state index in [-0.39, 0.29) is 46.9 Å². The number of hydrogen-bond donors (Lipinski definition) is 3. The van der Waals surface area contributed by atoms with Crippen molar-refractivity contribution in [2.45, 2.75) is 43.7 Å². The van der Waals surface area contributed by atoms with Crippen molar-refractivity contribution in [3.63, 3.8) is 0 Å². The lowest BCUT2D eigenvalue weighted by atomic mass is 10.1. The van der Waals surface area contributed by atoms with Gasteiger partial charge < -0.3 is 19.9 Å². The number of ether oxygens (including phenoxy) is 2. The summed E-state index contributed by atoms with van der Waals surface area (Å²) in [4.78, 5) is 22.5. The number of methoxy groups -OCH3 is 1. The van der Waals surface area contributed by atoms with E-state index in [1.165, 1.54) is 36.5 Å². The quantitative estimate of drug-likeness (QED) is 0.562. The van der Waals surface area contributed by atoms with E-state index in [1.807, 2.05) is 0 Å². The Morgan fingerprint density at radius 1 is 1.33 bits per heavy atom. The molecule has 0 saturated carbocycles. The van der Waals surface area contributed by atoms with Crippen LogP contribution in [0.2, 0.25) is 0 Å². The highest BCUT2D eigenvalue weighted by atomic mass is 32.2. The average Bonchev–Trinajstić information content (AvgIpc) is 3.16. The number of benzene rings is 1. The maximum absolute atomic E-state index is 14.0. The highest BCUT2D eigenvalue weighted by Crippen LogP contribution is 2.41. The number of carboxylic acid groups (broad SMARTS) is 1. The van der Waals surface area contributed by atoms with E-state index < -0.39 is 22.2 Å². The highest BCUT2D eigenvalue weighted by molar-refractivity contribution is 7.93. The summed E-state index contributed by atoms with van der Waals surface area (Å²) in [5.41, 5.74) is 0.942. The molecule has 0 fully saturated rings. The Balaban J connectivity index is 1.81. The van der Waals surface area contributed by atoms with E-state index in [4.69, 9.17) is 14.6 Å². The Hall–Kier alpha value is -3.48. The van der Waals surface area contributed by atoms with Gasteiger partial charge in [0.2, 0.25) is 5.91 Å². The van der Waals surface area contributed by atoms with Crippen LogP contribution in [0, 0.1) is 0 Å². The molecular weight excluding hydrogens is 454 g/mol. The number of nitrogens with zero attached hydrogens (tertiary/aromatic N) is 3. The zero-order valence-electron chi connectivity index (χ0n) is 18.2. The van der Waals surface area contributed by atoms with Gasteiger partial charge in [-0.25, -0.2) is 13.2 Å². The summed E-state index contributed by atoms with van der Waals surface area (Å²) in [5, 5.41) is 18.3. The predicted molar refractivity (Wildman–Crippen MR) is 117 cm³/mol. The molecule has 3 heterocycles. The van der Waals surface area contributed by atoms with Gasteiger partial charge in [0.1, 0.15) is 11.9 Å². The van der Waals surface area contributed by atoms with Crippen molar-refractivity contribution in [1.82, 2.24) is 15.1 Å². The summed E-state index contributed by atoms with van der Waals surface area (Å²) >= 11 is 0. The first kappa shape index (κ1) is 22.7. The van der Waals surface area contributed by atoms with E-state index in [9.17, 15) is 18.0 Å². The van der Waals surface area contributed by atoms with Gasteiger partial charge >= 0.3 is 6.09 Å². The van der Waals surface area contributed by atoms with Crippen molar-refractivity contribution in [3.05, 3.63) is 23.9 Å². The number of hydrogen-bond acceptors (Lipinski definition) is 7. The van der Waals surface area contributed by atoms with Gasteiger partial charge in [-0.05, 0) is 37.5 Å². The van der Waals surface area contributed by atoms with Crippen LogP contribution >= 0.6 is 0 Å². The number of rotatable bonds is 6. The molecule has 2 aromatic rings. The van der Waals surface area contributed by atoms with Gasteiger partial charge in [-0.2, -0.15) is 0 Å². The van der Waals surface area contributed by atoms with Crippen LogP contribution in [0.25, 0.3) is 0 Å². The van der Waals surface area contributed by atoms with Crippen molar-refractivity contribution in [1.29, 1.82) is 0 Å². The molecule has 0 bridgehead atoms. The third kappa shape index (κ3) is 4.40. The third-order valence-electron chi connectivity index (χ3n) is 5.48. The second-order valence-corrected chi connectivity index (χ2v) is 9.59. The van der Waals surface area contributed by atoms with Crippen molar-refractivity contribution in [2.24, 2.45) is 0 Å². The fourth-order valence-electron chi connectivity index (χ4n) is 4.05. The number of sulfonamides is 1. The Morgan fingerprint density at radius 2 is 2.12 bits per heavy atom. The van der Waals surface area contributed by atoms with Gasteiger partial charge in [-0.15, -0.1) is 5.10 Å². The van der Waals surface area contributed by atoms with Crippen LogP contribution in [0.4, 0.5) is 16.2 Å². The van der Waals surface area contributed by atoms with Crippen LogP contribution in [0.3, 0.4) is 0 Å². The van der Waals surface area contributed by atoms with Crippen LogP contribution < -0.4 is 24.4 Å². The lowest BCUT2D eigenvalue weighted by Gasteiger charge is -2.35. The van der Waals surface area contributed by atoms with Gasteiger partial charge in [0.15, 0.2) is 4.90 Å². The molecule has 1 atom stereocenters. The van der Waals surface area contributed by atoms with E-state index >= 15 is 0 Å². The molecule has 2 aliphatic rings. The molecule has 33 heavy (non-hydrogen) atoms. The largest absolute Gasteiger partial charge is 0.484 e. The summed E-state index contributed by atoms with van der Waals surface area (Å²) in [6.45, 7) is 1.96. The number of amides is 2. The first-order chi connectivity index (χ1) is 15.7. The molecule has 2 aliphatic heterocycles. The zero-order chi connectivity index (χ0) is 23.8. The highest BCUT2D eigenvalue weighted by Gasteiger charge is 2.40. The molecule has 4 rings (SSSR count). The molecule has 12 nitrogen and oxygen atoms in total. The molecule has 1 aromatic heterocycles. The van der Waals surface area contributed by atoms with E-state index in [1.54, 1.807) is 4.68 Å². The Morgan fingerprint density at radius 3 is 2.82 bits per heavy atom. The van der Waals surface area contributed by atoms with Crippen LogP contribution in [0.5, 0.6) is 11.6 Å². The summed E-state index contributed by atoms with van der Waals surface area (Å²) in [6, 6.07) is 4.37. The fraction of sp³-hybridized carbons (Fsp3) is 0.450. The SMILES string of the molecule is COc1nn2c(c1S(=O)(=O)N1CC(CNC(C)=O)Oc3ccc(NC(=O)O)cc31)CCCC2. The number of carbonyl (C=O) groups is 2. The number of aromatic nitrogens is 2. The Kier molecular flexibility index (Phi) is 6.06. The number of nitrogens with one attached hydrogen (secondary N) is 2. The smallest absolute Gasteiger partial charge is 0.409 e. The van der Waals surface area contributed by atoms with Crippen LogP contribution in [0.1, 0.15) is 25.5 Å². The molecule has 2 amide bonds. The molecule has 3 N–H and O–H groups in total.